The Morgan fingerprint density at radius 1 is 1.19 bits per heavy atom. The van der Waals surface area contributed by atoms with E-state index < -0.39 is 10.0 Å². The molecule has 1 heterocycles. The Hall–Kier alpha value is -1.60. The minimum atomic E-state index is -3.36. The fraction of sp³-hybridized carbons (Fsp3) is 0.632. The van der Waals surface area contributed by atoms with Gasteiger partial charge in [-0.15, -0.1) is 0 Å². The molecule has 6 nitrogen and oxygen atoms in total. The molecule has 146 valence electrons. The fourth-order valence-corrected chi connectivity index (χ4v) is 4.53. The van der Waals surface area contributed by atoms with Crippen molar-refractivity contribution in [1.29, 1.82) is 0 Å². The summed E-state index contributed by atoms with van der Waals surface area (Å²) in [6, 6.07) is 8.69. The first-order valence-corrected chi connectivity index (χ1v) is 10.9. The molecule has 0 radical (unpaired) electrons. The van der Waals surface area contributed by atoms with Crippen LogP contribution < -0.4 is 10.6 Å². The van der Waals surface area contributed by atoms with Crippen LogP contribution >= 0.6 is 0 Å². The smallest absolute Gasteiger partial charge is 0.243 e. The molecule has 0 aromatic heterocycles. The van der Waals surface area contributed by atoms with Crippen molar-refractivity contribution in [1.82, 2.24) is 14.9 Å². The van der Waals surface area contributed by atoms with Gasteiger partial charge in [0.2, 0.25) is 10.0 Å². The third-order valence-electron chi connectivity index (χ3n) is 4.75. The van der Waals surface area contributed by atoms with Gasteiger partial charge >= 0.3 is 0 Å². The normalized spacial score (nSPS) is 17.5. The van der Waals surface area contributed by atoms with Crippen molar-refractivity contribution in [3.05, 3.63) is 30.3 Å². The molecule has 2 N–H and O–H groups in total. The zero-order valence-electron chi connectivity index (χ0n) is 16.1. The van der Waals surface area contributed by atoms with Crippen molar-refractivity contribution < 1.29 is 8.42 Å². The van der Waals surface area contributed by atoms with E-state index in [1.807, 2.05) is 6.07 Å². The Balaban J connectivity index is 1.78. The lowest BCUT2D eigenvalue weighted by molar-refractivity contribution is 0.273. The van der Waals surface area contributed by atoms with E-state index in [0.29, 0.717) is 29.8 Å². The van der Waals surface area contributed by atoms with Gasteiger partial charge in [0.05, 0.1) is 4.90 Å². The summed E-state index contributed by atoms with van der Waals surface area (Å²) in [7, 11) is -1.59. The van der Waals surface area contributed by atoms with Crippen molar-refractivity contribution in [2.45, 2.75) is 38.0 Å². The van der Waals surface area contributed by atoms with E-state index in [0.717, 1.165) is 38.3 Å². The molecular formula is C19H32N4O2S. The van der Waals surface area contributed by atoms with Crippen LogP contribution in [0.2, 0.25) is 0 Å². The van der Waals surface area contributed by atoms with Gasteiger partial charge in [0, 0.05) is 33.2 Å². The second-order valence-electron chi connectivity index (χ2n) is 7.22. The van der Waals surface area contributed by atoms with Crippen molar-refractivity contribution in [2.24, 2.45) is 16.8 Å². The molecule has 0 unspecified atom stereocenters. The highest BCUT2D eigenvalue weighted by atomic mass is 32.2. The van der Waals surface area contributed by atoms with Crippen LogP contribution in [-0.4, -0.2) is 51.9 Å². The highest BCUT2D eigenvalue weighted by molar-refractivity contribution is 7.89. The summed E-state index contributed by atoms with van der Waals surface area (Å²) < 4.78 is 26.9. The largest absolute Gasteiger partial charge is 0.356 e. The predicted octanol–water partition coefficient (Wildman–Crippen LogP) is 2.30. The van der Waals surface area contributed by atoms with Crippen LogP contribution in [0.3, 0.4) is 0 Å². The molecule has 1 aromatic carbocycles. The van der Waals surface area contributed by atoms with Gasteiger partial charge in [0.25, 0.3) is 0 Å². The monoisotopic (exact) mass is 380 g/mol. The second kappa shape index (κ2) is 9.92. The number of nitrogens with zero attached hydrogens (tertiary/aromatic N) is 2. The highest BCUT2D eigenvalue weighted by Gasteiger charge is 2.29. The Morgan fingerprint density at radius 2 is 1.85 bits per heavy atom. The molecule has 0 aliphatic carbocycles. The molecule has 1 aromatic rings. The third kappa shape index (κ3) is 5.99. The van der Waals surface area contributed by atoms with Crippen LogP contribution in [0.5, 0.6) is 0 Å². The molecule has 0 amide bonds. The fourth-order valence-electron chi connectivity index (χ4n) is 3.04. The first-order chi connectivity index (χ1) is 12.4. The quantitative estimate of drug-likeness (QED) is 0.562. The Bertz CT molecular complexity index is 666. The van der Waals surface area contributed by atoms with Gasteiger partial charge in [0.1, 0.15) is 0 Å². The van der Waals surface area contributed by atoms with Crippen LogP contribution in [0.25, 0.3) is 0 Å². The maximum atomic E-state index is 12.7. The van der Waals surface area contributed by atoms with E-state index in [9.17, 15) is 8.42 Å². The van der Waals surface area contributed by atoms with Gasteiger partial charge in [-0.3, -0.25) is 4.99 Å². The number of guanidine groups is 1. The SMILES string of the molecule is CN=C(NCCC(C)C)NCC1CCN(S(=O)(=O)c2ccccc2)CC1. The highest BCUT2D eigenvalue weighted by Crippen LogP contribution is 2.23. The lowest BCUT2D eigenvalue weighted by Crippen LogP contribution is -2.44. The van der Waals surface area contributed by atoms with E-state index in [2.05, 4.69) is 29.5 Å². The third-order valence-corrected chi connectivity index (χ3v) is 6.66. The molecular weight excluding hydrogens is 348 g/mol. The minimum Gasteiger partial charge on any atom is -0.356 e. The zero-order chi connectivity index (χ0) is 19.0. The van der Waals surface area contributed by atoms with Crippen molar-refractivity contribution >= 4 is 16.0 Å². The number of aliphatic imine (C=N–C) groups is 1. The molecule has 0 bridgehead atoms. The summed E-state index contributed by atoms with van der Waals surface area (Å²) in [6.45, 7) is 7.28. The van der Waals surface area contributed by atoms with Crippen LogP contribution in [0, 0.1) is 11.8 Å². The van der Waals surface area contributed by atoms with E-state index in [1.165, 1.54) is 0 Å². The average Bonchev–Trinajstić information content (AvgIpc) is 2.65. The number of piperidine rings is 1. The van der Waals surface area contributed by atoms with E-state index >= 15 is 0 Å². The maximum Gasteiger partial charge on any atom is 0.243 e. The van der Waals surface area contributed by atoms with Gasteiger partial charge < -0.3 is 10.6 Å². The molecule has 1 fully saturated rings. The number of hydrogen-bond donors (Lipinski definition) is 2. The molecule has 1 saturated heterocycles. The first kappa shape index (κ1) is 20.7. The van der Waals surface area contributed by atoms with Gasteiger partial charge in [-0.25, -0.2) is 8.42 Å². The lowest BCUT2D eigenvalue weighted by atomic mass is 9.98. The molecule has 0 spiro atoms. The molecule has 7 heteroatoms. The molecule has 1 aliphatic rings. The zero-order valence-corrected chi connectivity index (χ0v) is 16.9. The van der Waals surface area contributed by atoms with Gasteiger partial charge in [-0.05, 0) is 43.2 Å². The lowest BCUT2D eigenvalue weighted by Gasteiger charge is -2.31. The minimum absolute atomic E-state index is 0.381. The summed E-state index contributed by atoms with van der Waals surface area (Å²) in [5, 5.41) is 6.70. The first-order valence-electron chi connectivity index (χ1n) is 9.43. The van der Waals surface area contributed by atoms with E-state index in [4.69, 9.17) is 0 Å². The summed E-state index contributed by atoms with van der Waals surface area (Å²) >= 11 is 0. The van der Waals surface area contributed by atoms with Crippen LogP contribution in [0.4, 0.5) is 0 Å². The molecule has 0 saturated carbocycles. The summed E-state index contributed by atoms with van der Waals surface area (Å²) in [5.74, 6) is 1.95. The Labute approximate surface area is 158 Å². The number of nitrogens with one attached hydrogen (secondary N) is 2. The van der Waals surface area contributed by atoms with Crippen LogP contribution in [0.1, 0.15) is 33.1 Å². The summed E-state index contributed by atoms with van der Waals surface area (Å²) in [6.07, 6.45) is 2.83. The van der Waals surface area contributed by atoms with Gasteiger partial charge in [0.15, 0.2) is 5.96 Å². The van der Waals surface area contributed by atoms with Gasteiger partial charge in [-0.1, -0.05) is 32.0 Å². The predicted molar refractivity (Wildman–Crippen MR) is 107 cm³/mol. The Morgan fingerprint density at radius 3 is 2.42 bits per heavy atom. The number of hydrogen-bond acceptors (Lipinski definition) is 3. The second-order valence-corrected chi connectivity index (χ2v) is 9.16. The van der Waals surface area contributed by atoms with Crippen molar-refractivity contribution in [3.63, 3.8) is 0 Å². The Kier molecular flexibility index (Phi) is 7.90. The maximum absolute atomic E-state index is 12.7. The average molecular weight is 381 g/mol. The molecule has 26 heavy (non-hydrogen) atoms. The summed E-state index contributed by atoms with van der Waals surface area (Å²) in [5.41, 5.74) is 0. The van der Waals surface area contributed by atoms with Crippen LogP contribution in [-0.2, 0) is 10.0 Å². The number of benzene rings is 1. The molecule has 1 aliphatic heterocycles. The topological polar surface area (TPSA) is 73.8 Å². The number of rotatable bonds is 7. The summed E-state index contributed by atoms with van der Waals surface area (Å²) in [4.78, 5) is 4.63. The van der Waals surface area contributed by atoms with Crippen LogP contribution in [0.15, 0.2) is 40.2 Å². The van der Waals surface area contributed by atoms with E-state index in [1.54, 1.807) is 35.6 Å². The van der Waals surface area contributed by atoms with E-state index in [-0.39, 0.29) is 0 Å². The number of sulfonamides is 1. The van der Waals surface area contributed by atoms with Gasteiger partial charge in [-0.2, -0.15) is 4.31 Å². The molecule has 2 rings (SSSR count). The standard InChI is InChI=1S/C19H32N4O2S/c1-16(2)9-12-21-19(20-3)22-15-17-10-13-23(14-11-17)26(24,25)18-7-5-4-6-8-18/h4-8,16-17H,9-15H2,1-3H3,(H2,20,21,22). The van der Waals surface area contributed by atoms with Crippen molar-refractivity contribution in [3.8, 4) is 0 Å². The molecule has 0 atom stereocenters. The van der Waals surface area contributed by atoms with Crippen molar-refractivity contribution in [2.75, 3.05) is 33.2 Å².